The lowest BCUT2D eigenvalue weighted by Gasteiger charge is -2.48. The standard InChI is InChI=1S/C86H97Cl3N10O26.H3O4P/c1-35(2)22-51(92-7)77(110)98-67-69(105)42-15-20-55(49(88)24-42)120-57-26-44-27-58(73(57)125-84-74(71(107)70(106)59(34-100)122-84)124-62-32-86(6,76(109)37(4)119-62)93-33-38-8-10-39(11-9-38)40-12-17-45(87)18-13-40)121-56-21-16-43(25-50(56)89)72(123-61-31-85(5,91)75(108)36(3)118-61)68-82(115)97-66(83(116)117)48-28-46(101)29-54(103)63(48)47-23-41(14-19-53(47)102)64(79(112)99-68)96-80(113)65(44)95-78(111)52(30-60(90)104)94-81(67)114;1-5(2,3)4/h8-21,23-29,35-37,51-52,59,61-62,64-72,74-76,84,92-93,100-103,105-109H,22,30-34,91H2,1-7H3,(H2,90,104)(H,94,114)(H,95,111)(H,96,113)(H,97,115)(H,98,110)(H,99,112)(H,116,117);(H3,1,2,3,4)/t36-,37-,51+,52-,59+,61-,62-,64+,65+,66-,67+,68-,69+,70+,71-,72+,74+,75-,76-,84-,85-,86-;/m0./s1. The van der Waals surface area contributed by atoms with E-state index in [0.717, 1.165) is 65.2 Å². The predicted molar refractivity (Wildman–Crippen MR) is 460 cm³/mol. The van der Waals surface area contributed by atoms with Gasteiger partial charge >= 0.3 is 13.8 Å². The third-order valence-electron chi connectivity index (χ3n) is 22.9. The van der Waals surface area contributed by atoms with Crippen LogP contribution in [0.4, 0.5) is 0 Å². The molecule has 700 valence electrons. The number of halogens is 3. The SMILES string of the molecule is CN[C@H](CC(C)C)C(=O)N[C@H]1C(=O)N[C@@H](CC(N)=O)C(=O)N[C@H]2C(=O)N[C@H]3C(=O)N[C@H](C(=O)N[C@H](C(=O)O)c4cc(O)cc(O)c4-c4cc3ccc4O)[C@H](O[C@H]3C[C@](C)(N)[C@@H](O)[C@H](C)O3)c3ccc(c(Cl)c3)Oc3cc2cc(c3O[C@@H]2O[C@H](CO)[C@@H](O)[C@H](O)[C@H]2O[C@H]2C[C@](C)(NCc3ccc(-c4ccc(Cl)cc4)cc3)[C@@H](O)[C@H](C)O2)Oc2ccc(cc2Cl)[C@H]1O.O=P(O)(O)O. The molecule has 0 unspecified atom stereocenters. The quantitative estimate of drug-likeness (QED) is 0.0515. The molecule has 7 aromatic carbocycles. The maximum Gasteiger partial charge on any atom is 0.466 e. The Morgan fingerprint density at radius 3 is 1.79 bits per heavy atom. The minimum Gasteiger partial charge on any atom is -0.508 e. The predicted octanol–water partition coefficient (Wildman–Crippen LogP) is 3.57. The van der Waals surface area contributed by atoms with Gasteiger partial charge < -0.3 is 158 Å². The second kappa shape index (κ2) is 40.7. The number of ether oxygens (including phenoxy) is 8. The van der Waals surface area contributed by atoms with Crippen molar-refractivity contribution in [1.29, 1.82) is 0 Å². The number of aliphatic hydroxyl groups excluding tert-OH is 6. The third-order valence-corrected chi connectivity index (χ3v) is 23.8. The lowest BCUT2D eigenvalue weighted by molar-refractivity contribution is -0.334. The summed E-state index contributed by atoms with van der Waals surface area (Å²) in [6.07, 6.45) is -23.0. The number of phenols is 3. The van der Waals surface area contributed by atoms with E-state index in [4.69, 9.17) is 103 Å². The van der Waals surface area contributed by atoms with Crippen LogP contribution in [0, 0.1) is 5.92 Å². The van der Waals surface area contributed by atoms with Crippen LogP contribution in [0.25, 0.3) is 22.3 Å². The van der Waals surface area contributed by atoms with E-state index in [1.54, 1.807) is 26.0 Å². The fourth-order valence-electron chi connectivity index (χ4n) is 16.2. The first-order chi connectivity index (χ1) is 61.2. The van der Waals surface area contributed by atoms with Gasteiger partial charge in [0.15, 0.2) is 36.2 Å². The van der Waals surface area contributed by atoms with Gasteiger partial charge in [-0.25, -0.2) is 9.36 Å². The number of aliphatic hydroxyl groups is 6. The molecule has 8 aliphatic rings. The summed E-state index contributed by atoms with van der Waals surface area (Å²) in [6, 6.07) is 14.5. The molecule has 0 saturated carbocycles. The number of aliphatic carboxylic acids is 1. The maximum atomic E-state index is 16.6. The van der Waals surface area contributed by atoms with Crippen LogP contribution in [0.5, 0.6) is 46.0 Å². The van der Waals surface area contributed by atoms with Crippen LogP contribution < -0.4 is 68.2 Å². The summed E-state index contributed by atoms with van der Waals surface area (Å²) in [5.41, 5.74) is 9.60. The first kappa shape index (κ1) is 98.6. The van der Waals surface area contributed by atoms with Crippen molar-refractivity contribution in [2.24, 2.45) is 17.4 Å². The number of nitrogens with two attached hydrogens (primary N) is 2. The number of carboxylic acid groups (broad SMARTS) is 1. The largest absolute Gasteiger partial charge is 0.508 e. The highest BCUT2D eigenvalue weighted by molar-refractivity contribution is 7.45. The summed E-state index contributed by atoms with van der Waals surface area (Å²) in [7, 11) is -3.16. The molecule has 3 saturated heterocycles. The zero-order chi connectivity index (χ0) is 94.8. The molecule has 130 heavy (non-hydrogen) atoms. The van der Waals surface area contributed by atoms with Gasteiger partial charge in [0.25, 0.3) is 0 Å². The highest BCUT2D eigenvalue weighted by Gasteiger charge is 2.53. The Bertz CT molecular complexity index is 5440. The number of phosphoric acid groups is 1. The maximum absolute atomic E-state index is 16.6. The molecule has 0 radical (unpaired) electrons. The van der Waals surface area contributed by atoms with Crippen molar-refractivity contribution in [1.82, 2.24) is 42.5 Å². The summed E-state index contributed by atoms with van der Waals surface area (Å²) in [5.74, 6) is -16.1. The Hall–Kier alpha value is -10.5. The Kier molecular flexibility index (Phi) is 30.9. The van der Waals surface area contributed by atoms with Crippen LogP contribution in [0.3, 0.4) is 0 Å². The Morgan fingerprint density at radius 2 is 1.21 bits per heavy atom. The molecule has 3 fully saturated rings. The number of phenolic OH excluding ortho intramolecular Hbond substituents is 3. The van der Waals surface area contributed by atoms with Gasteiger partial charge in [-0.15, -0.1) is 0 Å². The minimum absolute atomic E-state index is 0.119. The Morgan fingerprint density at radius 1 is 0.638 bits per heavy atom. The number of carboxylic acids is 1. The molecular formula is C86H100Cl3N10O30P. The molecule has 0 aromatic heterocycles. The van der Waals surface area contributed by atoms with Crippen molar-refractivity contribution in [2.75, 3.05) is 13.7 Å². The molecule has 8 aliphatic heterocycles. The number of likely N-dealkylation sites (N-methyl/N-ethyl adjacent to an activating group) is 1. The Labute approximate surface area is 757 Å². The second-order valence-corrected chi connectivity index (χ2v) is 35.5. The van der Waals surface area contributed by atoms with E-state index in [1.165, 1.54) is 51.2 Å². The number of carbonyl (C=O) groups excluding carboxylic acids is 7. The van der Waals surface area contributed by atoms with Crippen LogP contribution in [0.1, 0.15) is 131 Å². The molecule has 0 spiro atoms. The van der Waals surface area contributed by atoms with Gasteiger partial charge in [0, 0.05) is 58.2 Å². The number of primary amides is 1. The molecule has 40 nitrogen and oxygen atoms in total. The number of rotatable bonds is 19. The number of aromatic hydroxyl groups is 3. The van der Waals surface area contributed by atoms with Gasteiger partial charge in [-0.2, -0.15) is 0 Å². The number of nitrogens with one attached hydrogen (secondary N) is 8. The van der Waals surface area contributed by atoms with Crippen molar-refractivity contribution in [3.05, 3.63) is 176 Å². The van der Waals surface area contributed by atoms with E-state index >= 15 is 24.0 Å². The normalized spacial score (nSPS) is 29.1. The molecule has 11 bridgehead atoms. The first-order valence-corrected chi connectivity index (χ1v) is 43.5. The lowest BCUT2D eigenvalue weighted by Crippen LogP contribution is -2.65. The monoisotopic (exact) mass is 1890 g/mol. The zero-order valence-corrected chi connectivity index (χ0v) is 73.6. The molecule has 7 amide bonds. The number of fused-ring (bicyclic) bond motifs is 15. The second-order valence-electron chi connectivity index (χ2n) is 33.2. The van der Waals surface area contributed by atoms with Gasteiger partial charge in [-0.05, 0) is 153 Å². The molecule has 25 N–H and O–H groups in total. The molecule has 44 heteroatoms. The number of amides is 7. The van der Waals surface area contributed by atoms with Gasteiger partial charge in [0.2, 0.25) is 53.4 Å². The van der Waals surface area contributed by atoms with E-state index in [9.17, 15) is 65.4 Å². The average molecular weight is 1890 g/mol. The summed E-state index contributed by atoms with van der Waals surface area (Å²) in [5, 5.41) is 138. The third kappa shape index (κ3) is 22.8. The summed E-state index contributed by atoms with van der Waals surface area (Å²) >= 11 is 20.8. The van der Waals surface area contributed by atoms with Crippen LogP contribution in [0.15, 0.2) is 127 Å². The molecule has 15 rings (SSSR count). The number of hydrogen-bond donors (Lipinski definition) is 23. The van der Waals surface area contributed by atoms with Crippen molar-refractivity contribution in [3.8, 4) is 68.2 Å². The first-order valence-electron chi connectivity index (χ1n) is 40.8. The van der Waals surface area contributed by atoms with E-state index in [-0.39, 0.29) is 59.2 Å². The van der Waals surface area contributed by atoms with Gasteiger partial charge in [-0.1, -0.05) is 103 Å². The average Bonchev–Trinajstić information content (AvgIpc) is 0.765. The zero-order valence-electron chi connectivity index (χ0n) is 70.5. The van der Waals surface area contributed by atoms with E-state index in [0.29, 0.717) is 5.02 Å². The van der Waals surface area contributed by atoms with E-state index < -0.39 is 269 Å². The molecule has 8 heterocycles. The van der Waals surface area contributed by atoms with Gasteiger partial charge in [0.05, 0.1) is 53.5 Å². The van der Waals surface area contributed by atoms with E-state index in [1.807, 2.05) is 50.2 Å². The van der Waals surface area contributed by atoms with Crippen molar-refractivity contribution in [3.63, 3.8) is 0 Å². The van der Waals surface area contributed by atoms with E-state index in [2.05, 4.69) is 42.5 Å². The highest BCUT2D eigenvalue weighted by atomic mass is 35.5. The number of hydrogen-bond acceptors (Lipinski definition) is 29. The van der Waals surface area contributed by atoms with Crippen molar-refractivity contribution in [2.45, 2.75) is 207 Å². The molecule has 0 aliphatic carbocycles. The highest BCUT2D eigenvalue weighted by Crippen LogP contribution is 2.51. The van der Waals surface area contributed by atoms with Gasteiger partial charge in [-0.3, -0.25) is 33.6 Å². The molecule has 7 aromatic rings. The Balaban J connectivity index is 0.00000298. The smallest absolute Gasteiger partial charge is 0.466 e. The number of carbonyl (C=O) groups is 8. The number of benzene rings is 7. The van der Waals surface area contributed by atoms with Crippen LogP contribution in [0.2, 0.25) is 15.1 Å². The van der Waals surface area contributed by atoms with Crippen molar-refractivity contribution < 1.29 is 147 Å². The summed E-state index contributed by atoms with van der Waals surface area (Å²) in [4.78, 5) is 142. The van der Waals surface area contributed by atoms with Crippen LogP contribution >= 0.6 is 42.6 Å². The van der Waals surface area contributed by atoms with Crippen molar-refractivity contribution >= 4 is 89.9 Å². The summed E-state index contributed by atoms with van der Waals surface area (Å²) < 4.78 is 61.8. The molecular weight excluding hydrogens is 1790 g/mol. The van der Waals surface area contributed by atoms with Crippen LogP contribution in [-0.4, -0.2) is 230 Å². The van der Waals surface area contributed by atoms with Crippen LogP contribution in [-0.2, 0) is 73.2 Å². The molecule has 22 atom stereocenters. The summed E-state index contributed by atoms with van der Waals surface area (Å²) in [6.45, 7) is 9.06. The fraction of sp³-hybridized carbons (Fsp3) is 0.419. The minimum atomic E-state index is -4.64. The van der Waals surface area contributed by atoms with Gasteiger partial charge in [0.1, 0.15) is 89.5 Å². The fourth-order valence-corrected chi connectivity index (χ4v) is 16.7. The lowest BCUT2D eigenvalue weighted by atomic mass is 9.84. The topological polar surface area (TPSA) is 639 Å².